The quantitative estimate of drug-likeness (QED) is 0.877. The third kappa shape index (κ3) is 3.82. The first-order valence-corrected chi connectivity index (χ1v) is 6.72. The molecule has 0 saturated heterocycles. The fourth-order valence-corrected chi connectivity index (χ4v) is 1.83. The largest absolute Gasteiger partial charge is 0.381 e. The summed E-state index contributed by atoms with van der Waals surface area (Å²) in [6.07, 6.45) is 1.64. The summed E-state index contributed by atoms with van der Waals surface area (Å²) < 4.78 is 0. The summed E-state index contributed by atoms with van der Waals surface area (Å²) in [4.78, 5) is 15.8. The van der Waals surface area contributed by atoms with E-state index in [1.165, 1.54) is 11.1 Å². The SMILES string of the molecule is CCNC(=O)c1cc(NCc2ccc(C)cc2)ccn1. The number of rotatable bonds is 5. The number of nitrogens with zero attached hydrogens (tertiary/aromatic N) is 1. The van der Waals surface area contributed by atoms with Crippen LogP contribution in [-0.4, -0.2) is 17.4 Å². The molecule has 1 amide bonds. The van der Waals surface area contributed by atoms with Crippen LogP contribution in [0.1, 0.15) is 28.5 Å². The van der Waals surface area contributed by atoms with E-state index in [1.54, 1.807) is 12.3 Å². The van der Waals surface area contributed by atoms with Crippen LogP contribution in [0.25, 0.3) is 0 Å². The zero-order valence-corrected chi connectivity index (χ0v) is 11.8. The Morgan fingerprint density at radius 1 is 1.20 bits per heavy atom. The molecule has 2 rings (SSSR count). The lowest BCUT2D eigenvalue weighted by atomic mass is 10.1. The highest BCUT2D eigenvalue weighted by Crippen LogP contribution is 2.11. The third-order valence-electron chi connectivity index (χ3n) is 2.95. The van der Waals surface area contributed by atoms with Gasteiger partial charge in [0.25, 0.3) is 5.91 Å². The minimum Gasteiger partial charge on any atom is -0.381 e. The summed E-state index contributed by atoms with van der Waals surface area (Å²) in [6.45, 7) is 5.27. The van der Waals surface area contributed by atoms with E-state index in [1.807, 2.05) is 13.0 Å². The van der Waals surface area contributed by atoms with E-state index < -0.39 is 0 Å². The molecule has 2 N–H and O–H groups in total. The van der Waals surface area contributed by atoms with Gasteiger partial charge in [0.15, 0.2) is 0 Å². The molecular weight excluding hydrogens is 250 g/mol. The first-order chi connectivity index (χ1) is 9.69. The number of benzene rings is 1. The predicted molar refractivity (Wildman–Crippen MR) is 80.7 cm³/mol. The zero-order chi connectivity index (χ0) is 14.4. The predicted octanol–water partition coefficient (Wildman–Crippen LogP) is 2.75. The van der Waals surface area contributed by atoms with E-state index in [9.17, 15) is 4.79 Å². The Kier molecular flexibility index (Phi) is 4.71. The van der Waals surface area contributed by atoms with Gasteiger partial charge in [-0.1, -0.05) is 29.8 Å². The second kappa shape index (κ2) is 6.70. The number of hydrogen-bond donors (Lipinski definition) is 2. The molecule has 1 aromatic carbocycles. The van der Waals surface area contributed by atoms with Crippen LogP contribution in [0.2, 0.25) is 0 Å². The van der Waals surface area contributed by atoms with Crippen LogP contribution >= 0.6 is 0 Å². The van der Waals surface area contributed by atoms with Gasteiger partial charge in [0.05, 0.1) is 0 Å². The second-order valence-corrected chi connectivity index (χ2v) is 4.63. The van der Waals surface area contributed by atoms with Gasteiger partial charge < -0.3 is 10.6 Å². The number of aryl methyl sites for hydroxylation is 1. The van der Waals surface area contributed by atoms with Crippen molar-refractivity contribution in [1.82, 2.24) is 10.3 Å². The van der Waals surface area contributed by atoms with Crippen molar-refractivity contribution in [2.45, 2.75) is 20.4 Å². The Balaban J connectivity index is 2.01. The summed E-state index contributed by atoms with van der Waals surface area (Å²) in [5, 5.41) is 6.04. The Labute approximate surface area is 119 Å². The minimum atomic E-state index is -0.147. The number of hydrogen-bond acceptors (Lipinski definition) is 3. The number of aromatic nitrogens is 1. The molecular formula is C16H19N3O. The molecule has 104 valence electrons. The number of carbonyl (C=O) groups is 1. The van der Waals surface area contributed by atoms with Gasteiger partial charge >= 0.3 is 0 Å². The molecule has 0 unspecified atom stereocenters. The lowest BCUT2D eigenvalue weighted by Gasteiger charge is -2.08. The lowest BCUT2D eigenvalue weighted by Crippen LogP contribution is -2.23. The van der Waals surface area contributed by atoms with E-state index in [4.69, 9.17) is 0 Å². The topological polar surface area (TPSA) is 54.0 Å². The maximum atomic E-state index is 11.7. The van der Waals surface area contributed by atoms with E-state index in [-0.39, 0.29) is 5.91 Å². The summed E-state index contributed by atoms with van der Waals surface area (Å²) in [5.41, 5.74) is 3.77. The Hall–Kier alpha value is -2.36. The number of amides is 1. The monoisotopic (exact) mass is 269 g/mol. The molecule has 0 aliphatic heterocycles. The van der Waals surface area contributed by atoms with Gasteiger partial charge in [-0.2, -0.15) is 0 Å². The van der Waals surface area contributed by atoms with Gasteiger partial charge in [0, 0.05) is 25.0 Å². The molecule has 4 heteroatoms. The van der Waals surface area contributed by atoms with Crippen LogP contribution in [0.5, 0.6) is 0 Å². The highest BCUT2D eigenvalue weighted by atomic mass is 16.1. The zero-order valence-electron chi connectivity index (χ0n) is 11.8. The Bertz CT molecular complexity index is 579. The smallest absolute Gasteiger partial charge is 0.269 e. The van der Waals surface area contributed by atoms with Crippen LogP contribution in [0, 0.1) is 6.92 Å². The molecule has 0 bridgehead atoms. The van der Waals surface area contributed by atoms with Crippen LogP contribution in [0.15, 0.2) is 42.6 Å². The summed E-state index contributed by atoms with van der Waals surface area (Å²) in [7, 11) is 0. The number of carbonyl (C=O) groups excluding carboxylic acids is 1. The molecule has 0 spiro atoms. The van der Waals surface area contributed by atoms with Gasteiger partial charge in [0.2, 0.25) is 0 Å². The number of pyridine rings is 1. The Morgan fingerprint density at radius 3 is 2.65 bits per heavy atom. The summed E-state index contributed by atoms with van der Waals surface area (Å²) in [5.74, 6) is -0.147. The van der Waals surface area contributed by atoms with Gasteiger partial charge in [-0.15, -0.1) is 0 Å². The Morgan fingerprint density at radius 2 is 1.95 bits per heavy atom. The molecule has 0 atom stereocenters. The van der Waals surface area contributed by atoms with E-state index in [0.717, 1.165) is 12.2 Å². The average Bonchev–Trinajstić information content (AvgIpc) is 2.47. The fourth-order valence-electron chi connectivity index (χ4n) is 1.83. The van der Waals surface area contributed by atoms with Gasteiger partial charge in [-0.05, 0) is 31.5 Å². The maximum absolute atomic E-state index is 11.7. The highest BCUT2D eigenvalue weighted by molar-refractivity contribution is 5.93. The van der Waals surface area contributed by atoms with Crippen molar-refractivity contribution in [1.29, 1.82) is 0 Å². The standard InChI is InChI=1S/C16H19N3O/c1-3-17-16(20)15-10-14(8-9-18-15)19-11-13-6-4-12(2)5-7-13/h4-10H,3,11H2,1-2H3,(H,17,20)(H,18,19). The molecule has 0 fully saturated rings. The lowest BCUT2D eigenvalue weighted by molar-refractivity contribution is 0.0951. The van der Waals surface area contributed by atoms with Crippen molar-refractivity contribution in [3.05, 3.63) is 59.4 Å². The van der Waals surface area contributed by atoms with Gasteiger partial charge in [-0.25, -0.2) is 0 Å². The van der Waals surface area contributed by atoms with E-state index in [0.29, 0.717) is 12.2 Å². The first-order valence-electron chi connectivity index (χ1n) is 6.72. The number of nitrogens with one attached hydrogen (secondary N) is 2. The minimum absolute atomic E-state index is 0.147. The summed E-state index contributed by atoms with van der Waals surface area (Å²) in [6, 6.07) is 12.0. The van der Waals surface area contributed by atoms with Crippen molar-refractivity contribution >= 4 is 11.6 Å². The van der Waals surface area contributed by atoms with E-state index >= 15 is 0 Å². The van der Waals surface area contributed by atoms with Gasteiger partial charge in [-0.3, -0.25) is 9.78 Å². The average molecular weight is 269 g/mol. The maximum Gasteiger partial charge on any atom is 0.269 e. The number of anilines is 1. The molecule has 0 radical (unpaired) electrons. The normalized spacial score (nSPS) is 10.1. The molecule has 0 aliphatic rings. The molecule has 0 aliphatic carbocycles. The molecule has 4 nitrogen and oxygen atoms in total. The first kappa shape index (κ1) is 14.1. The van der Waals surface area contributed by atoms with Crippen molar-refractivity contribution in [3.63, 3.8) is 0 Å². The molecule has 20 heavy (non-hydrogen) atoms. The molecule has 0 saturated carbocycles. The molecule has 1 aromatic heterocycles. The van der Waals surface area contributed by atoms with Crippen molar-refractivity contribution in [3.8, 4) is 0 Å². The van der Waals surface area contributed by atoms with Crippen molar-refractivity contribution < 1.29 is 4.79 Å². The van der Waals surface area contributed by atoms with Crippen LogP contribution in [-0.2, 0) is 6.54 Å². The van der Waals surface area contributed by atoms with Crippen molar-refractivity contribution in [2.75, 3.05) is 11.9 Å². The van der Waals surface area contributed by atoms with Crippen LogP contribution in [0.4, 0.5) is 5.69 Å². The van der Waals surface area contributed by atoms with Crippen molar-refractivity contribution in [2.24, 2.45) is 0 Å². The summed E-state index contributed by atoms with van der Waals surface area (Å²) >= 11 is 0. The molecule has 2 aromatic rings. The third-order valence-corrected chi connectivity index (χ3v) is 2.95. The van der Waals surface area contributed by atoms with Gasteiger partial charge in [0.1, 0.15) is 5.69 Å². The second-order valence-electron chi connectivity index (χ2n) is 4.63. The van der Waals surface area contributed by atoms with Crippen LogP contribution < -0.4 is 10.6 Å². The van der Waals surface area contributed by atoms with E-state index in [2.05, 4.69) is 46.8 Å². The molecule has 1 heterocycles. The highest BCUT2D eigenvalue weighted by Gasteiger charge is 2.06. The fraction of sp³-hybridized carbons (Fsp3) is 0.250. The van der Waals surface area contributed by atoms with Crippen LogP contribution in [0.3, 0.4) is 0 Å².